The number of amides is 2. The second-order valence-electron chi connectivity index (χ2n) is 8.30. The maximum atomic E-state index is 12.9. The molecule has 8 nitrogen and oxygen atoms in total. The smallest absolute Gasteiger partial charge is 0.410 e. The minimum Gasteiger partial charge on any atom is -0.507 e. The highest BCUT2D eigenvalue weighted by Gasteiger charge is 2.36. The fourth-order valence-corrected chi connectivity index (χ4v) is 3.38. The van der Waals surface area contributed by atoms with Crippen molar-refractivity contribution in [3.8, 4) is 11.5 Å². The Morgan fingerprint density at radius 2 is 1.58 bits per heavy atom. The Morgan fingerprint density at radius 3 is 2.10 bits per heavy atom. The van der Waals surface area contributed by atoms with Crippen LogP contribution in [0.5, 0.6) is 11.5 Å². The largest absolute Gasteiger partial charge is 0.507 e. The number of carbonyl (C=O) groups is 2. The summed E-state index contributed by atoms with van der Waals surface area (Å²) in [6.45, 7) is 5.73. The van der Waals surface area contributed by atoms with Crippen molar-refractivity contribution in [3.05, 3.63) is 59.7 Å². The number of carbonyl (C=O) groups excluding carboxylic acids is 2. The molecule has 1 aliphatic heterocycles. The molecule has 2 aromatic rings. The van der Waals surface area contributed by atoms with Crippen LogP contribution in [0.25, 0.3) is 0 Å². The number of rotatable bonds is 4. The van der Waals surface area contributed by atoms with Crippen molar-refractivity contribution in [1.29, 1.82) is 0 Å². The van der Waals surface area contributed by atoms with Crippen molar-refractivity contribution >= 4 is 17.7 Å². The lowest BCUT2D eigenvalue weighted by molar-refractivity contribution is -0.125. The van der Waals surface area contributed by atoms with E-state index in [0.717, 1.165) is 0 Å². The standard InChI is InChI=1S/C23H27N3O5/c1-23(2,3)31-22(30)26-14-8-11-17(26)21(29)25-24-20(15-9-4-6-12-18(15)27)16-10-5-7-13-19(16)28/h4-7,9-10,12-13,17,27-28H,8,11,14H2,1-3H3,(H,25,29)/t17-/m0/s1. The van der Waals surface area contributed by atoms with E-state index in [1.54, 1.807) is 57.2 Å². The number of nitrogens with zero attached hydrogens (tertiary/aromatic N) is 2. The van der Waals surface area contributed by atoms with Gasteiger partial charge < -0.3 is 14.9 Å². The van der Waals surface area contributed by atoms with Crippen molar-refractivity contribution in [2.75, 3.05) is 6.54 Å². The number of ether oxygens (including phenoxy) is 1. The number of benzene rings is 2. The number of hydrazone groups is 1. The van der Waals surface area contributed by atoms with Crippen molar-refractivity contribution in [2.45, 2.75) is 45.3 Å². The first-order valence-electron chi connectivity index (χ1n) is 10.1. The van der Waals surface area contributed by atoms with Gasteiger partial charge in [0.1, 0.15) is 28.9 Å². The fourth-order valence-electron chi connectivity index (χ4n) is 3.38. The molecule has 0 radical (unpaired) electrons. The van der Waals surface area contributed by atoms with Crippen LogP contribution in [-0.2, 0) is 9.53 Å². The Bertz CT molecular complexity index is 949. The Labute approximate surface area is 181 Å². The number of phenols is 2. The molecule has 31 heavy (non-hydrogen) atoms. The molecule has 8 heteroatoms. The van der Waals surface area contributed by atoms with Gasteiger partial charge in [0.15, 0.2) is 0 Å². The molecule has 164 valence electrons. The van der Waals surface area contributed by atoms with Crippen molar-refractivity contribution in [1.82, 2.24) is 10.3 Å². The summed E-state index contributed by atoms with van der Waals surface area (Å²) in [4.78, 5) is 26.7. The van der Waals surface area contributed by atoms with Crippen molar-refractivity contribution in [2.24, 2.45) is 5.10 Å². The summed E-state index contributed by atoms with van der Waals surface area (Å²) in [5.74, 6) is -0.559. The third kappa shape index (κ3) is 5.33. The number of aromatic hydroxyl groups is 2. The second kappa shape index (κ2) is 9.07. The normalized spacial score (nSPS) is 16.0. The first kappa shape index (κ1) is 22.1. The molecule has 3 N–H and O–H groups in total. The fraction of sp³-hybridized carbons (Fsp3) is 0.348. The highest BCUT2D eigenvalue weighted by atomic mass is 16.6. The van der Waals surface area contributed by atoms with E-state index in [4.69, 9.17) is 4.74 Å². The molecule has 1 atom stereocenters. The third-order valence-electron chi connectivity index (χ3n) is 4.78. The van der Waals surface area contributed by atoms with E-state index < -0.39 is 23.6 Å². The quantitative estimate of drug-likeness (QED) is 0.514. The molecule has 0 aliphatic carbocycles. The van der Waals surface area contributed by atoms with Crippen molar-refractivity contribution in [3.63, 3.8) is 0 Å². The maximum absolute atomic E-state index is 12.9. The van der Waals surface area contributed by atoms with Crippen LogP contribution in [0, 0.1) is 0 Å². The highest BCUT2D eigenvalue weighted by Crippen LogP contribution is 2.26. The number of hydrogen-bond donors (Lipinski definition) is 3. The van der Waals surface area contributed by atoms with Gasteiger partial charge in [-0.3, -0.25) is 9.69 Å². The maximum Gasteiger partial charge on any atom is 0.410 e. The Balaban J connectivity index is 1.87. The van der Waals surface area contributed by atoms with Gasteiger partial charge in [-0.15, -0.1) is 0 Å². The van der Waals surface area contributed by atoms with E-state index >= 15 is 0 Å². The Morgan fingerprint density at radius 1 is 1.03 bits per heavy atom. The summed E-state index contributed by atoms with van der Waals surface area (Å²) in [5.41, 5.74) is 2.73. The molecule has 1 saturated heterocycles. The van der Waals surface area contributed by atoms with Gasteiger partial charge in [0.05, 0.1) is 0 Å². The minimum absolute atomic E-state index is 0.0463. The van der Waals surface area contributed by atoms with Crippen LogP contribution >= 0.6 is 0 Å². The van der Waals surface area contributed by atoms with E-state index in [1.807, 2.05) is 0 Å². The van der Waals surface area contributed by atoms with Gasteiger partial charge in [-0.1, -0.05) is 24.3 Å². The molecular weight excluding hydrogens is 398 g/mol. The van der Waals surface area contributed by atoms with E-state index in [1.165, 1.54) is 17.0 Å². The molecule has 0 bridgehead atoms. The zero-order chi connectivity index (χ0) is 22.6. The Hall–Kier alpha value is -3.55. The van der Waals surface area contributed by atoms with Gasteiger partial charge in [0.2, 0.25) is 0 Å². The first-order valence-corrected chi connectivity index (χ1v) is 10.1. The van der Waals surface area contributed by atoms with Gasteiger partial charge in [0, 0.05) is 17.7 Å². The molecule has 2 aromatic carbocycles. The summed E-state index contributed by atoms with van der Waals surface area (Å²) in [5, 5.41) is 24.8. The van der Waals surface area contributed by atoms with Crippen LogP contribution in [0.2, 0.25) is 0 Å². The molecule has 1 fully saturated rings. The van der Waals surface area contributed by atoms with Crippen LogP contribution in [-0.4, -0.2) is 51.0 Å². The number of phenolic OH excluding ortho intramolecular Hbond substituents is 2. The lowest BCUT2D eigenvalue weighted by Gasteiger charge is -2.27. The van der Waals surface area contributed by atoms with Gasteiger partial charge in [-0.25, -0.2) is 10.2 Å². The predicted octanol–water partition coefficient (Wildman–Crippen LogP) is 3.37. The SMILES string of the molecule is CC(C)(C)OC(=O)N1CCC[C@H]1C(=O)NN=C(c1ccccc1O)c1ccccc1O. The average molecular weight is 425 g/mol. The van der Waals surface area contributed by atoms with Gasteiger partial charge in [0.25, 0.3) is 5.91 Å². The Kier molecular flexibility index (Phi) is 6.48. The van der Waals surface area contributed by atoms with E-state index in [9.17, 15) is 19.8 Å². The molecular formula is C23H27N3O5. The average Bonchev–Trinajstić information content (AvgIpc) is 3.19. The third-order valence-corrected chi connectivity index (χ3v) is 4.78. The molecule has 1 aliphatic rings. The van der Waals surface area contributed by atoms with Gasteiger partial charge in [-0.2, -0.15) is 5.10 Å². The zero-order valence-electron chi connectivity index (χ0n) is 17.8. The molecule has 0 saturated carbocycles. The number of likely N-dealkylation sites (tertiary alicyclic amines) is 1. The first-order chi connectivity index (χ1) is 14.7. The molecule has 3 rings (SSSR count). The van der Waals surface area contributed by atoms with Crippen molar-refractivity contribution < 1.29 is 24.5 Å². The lowest BCUT2D eigenvalue weighted by Crippen LogP contribution is -2.46. The van der Waals surface area contributed by atoms with Crippen LogP contribution in [0.4, 0.5) is 4.79 Å². The van der Waals surface area contributed by atoms with Crippen LogP contribution < -0.4 is 5.43 Å². The zero-order valence-corrected chi connectivity index (χ0v) is 17.8. The summed E-state index contributed by atoms with van der Waals surface area (Å²) >= 11 is 0. The van der Waals surface area contributed by atoms with E-state index in [2.05, 4.69) is 10.5 Å². The van der Waals surface area contributed by atoms with Crippen LogP contribution in [0.15, 0.2) is 53.6 Å². The summed E-state index contributed by atoms with van der Waals surface area (Å²) in [6, 6.07) is 12.3. The topological polar surface area (TPSA) is 111 Å². The van der Waals surface area contributed by atoms with Gasteiger partial charge >= 0.3 is 6.09 Å². The number of hydrogen-bond acceptors (Lipinski definition) is 6. The minimum atomic E-state index is -0.714. The summed E-state index contributed by atoms with van der Waals surface area (Å²) in [6.07, 6.45) is 0.617. The monoisotopic (exact) mass is 425 g/mol. The molecule has 0 spiro atoms. The summed E-state index contributed by atoms with van der Waals surface area (Å²) in [7, 11) is 0. The molecule has 2 amide bonds. The second-order valence-corrected chi connectivity index (χ2v) is 8.30. The van der Waals surface area contributed by atoms with Crippen LogP contribution in [0.1, 0.15) is 44.7 Å². The predicted molar refractivity (Wildman–Crippen MR) is 116 cm³/mol. The number of nitrogens with one attached hydrogen (secondary N) is 1. The summed E-state index contributed by atoms with van der Waals surface area (Å²) < 4.78 is 5.40. The molecule has 0 unspecified atom stereocenters. The number of para-hydroxylation sites is 2. The molecule has 1 heterocycles. The highest BCUT2D eigenvalue weighted by molar-refractivity contribution is 6.16. The van der Waals surface area contributed by atoms with E-state index in [-0.39, 0.29) is 17.2 Å². The van der Waals surface area contributed by atoms with Gasteiger partial charge in [-0.05, 0) is 57.9 Å². The van der Waals surface area contributed by atoms with Crippen LogP contribution in [0.3, 0.4) is 0 Å². The lowest BCUT2D eigenvalue weighted by atomic mass is 10.0. The molecule has 0 aromatic heterocycles. The van der Waals surface area contributed by atoms with E-state index in [0.29, 0.717) is 30.5 Å².